The predicted molar refractivity (Wildman–Crippen MR) is 101 cm³/mol. The maximum atomic E-state index is 13.7. The van der Waals surface area contributed by atoms with Crippen molar-refractivity contribution in [2.45, 2.75) is 27.2 Å². The Hall–Kier alpha value is -3.09. The molecule has 0 spiro atoms. The minimum absolute atomic E-state index is 0.0624. The Bertz CT molecular complexity index is 1100. The van der Waals surface area contributed by atoms with Gasteiger partial charge in [0.15, 0.2) is 17.4 Å². The minimum atomic E-state index is -1.11. The number of phenolic OH excluding ortho intramolecular Hbond substituents is 2. The van der Waals surface area contributed by atoms with Crippen molar-refractivity contribution in [3.05, 3.63) is 52.2 Å². The molecule has 0 saturated heterocycles. The molecule has 0 bridgehead atoms. The monoisotopic (exact) mass is 390 g/mol. The SMILES string of the molecule is CC(C)(C)CCOc1c(-c2ccc(F)c(F)c2)oc2cc(O)cc(O)c2c1=O. The molecule has 0 atom stereocenters. The van der Waals surface area contributed by atoms with E-state index in [1.807, 2.05) is 20.8 Å². The lowest BCUT2D eigenvalue weighted by Gasteiger charge is -2.19. The molecule has 0 radical (unpaired) electrons. The number of hydrogen-bond acceptors (Lipinski definition) is 5. The first-order valence-electron chi connectivity index (χ1n) is 8.68. The molecule has 0 fully saturated rings. The Morgan fingerprint density at radius 2 is 1.79 bits per heavy atom. The first kappa shape index (κ1) is 19.7. The molecule has 148 valence electrons. The topological polar surface area (TPSA) is 79.9 Å². The highest BCUT2D eigenvalue weighted by molar-refractivity contribution is 5.88. The fourth-order valence-corrected chi connectivity index (χ4v) is 2.69. The van der Waals surface area contributed by atoms with Crippen LogP contribution in [0.25, 0.3) is 22.3 Å². The highest BCUT2D eigenvalue weighted by Crippen LogP contribution is 2.36. The summed E-state index contributed by atoms with van der Waals surface area (Å²) in [5, 5.41) is 19.6. The second-order valence-electron chi connectivity index (χ2n) is 7.72. The summed E-state index contributed by atoms with van der Waals surface area (Å²) in [6.45, 7) is 6.19. The molecule has 1 heterocycles. The zero-order chi connectivity index (χ0) is 20.6. The van der Waals surface area contributed by atoms with Gasteiger partial charge in [0.05, 0.1) is 6.61 Å². The number of hydrogen-bond donors (Lipinski definition) is 2. The number of benzene rings is 2. The van der Waals surface area contributed by atoms with E-state index in [0.717, 1.165) is 24.3 Å². The van der Waals surface area contributed by atoms with Crippen molar-refractivity contribution in [3.63, 3.8) is 0 Å². The van der Waals surface area contributed by atoms with Crippen LogP contribution in [-0.4, -0.2) is 16.8 Å². The molecule has 0 amide bonds. The molecule has 0 aliphatic carbocycles. The van der Waals surface area contributed by atoms with Gasteiger partial charge in [-0.3, -0.25) is 4.79 Å². The maximum Gasteiger partial charge on any atom is 0.239 e. The summed E-state index contributed by atoms with van der Waals surface area (Å²) in [5.74, 6) is -3.27. The summed E-state index contributed by atoms with van der Waals surface area (Å²) < 4.78 is 38.4. The largest absolute Gasteiger partial charge is 0.508 e. The first-order valence-corrected chi connectivity index (χ1v) is 8.68. The molecule has 3 rings (SSSR count). The quantitative estimate of drug-likeness (QED) is 0.658. The third-order valence-corrected chi connectivity index (χ3v) is 4.20. The summed E-state index contributed by atoms with van der Waals surface area (Å²) in [5.41, 5.74) is -0.753. The van der Waals surface area contributed by atoms with Crippen LogP contribution in [-0.2, 0) is 0 Å². The van der Waals surface area contributed by atoms with Crippen molar-refractivity contribution < 1.29 is 28.1 Å². The highest BCUT2D eigenvalue weighted by atomic mass is 19.2. The maximum absolute atomic E-state index is 13.7. The van der Waals surface area contributed by atoms with Gasteiger partial charge in [-0.1, -0.05) is 20.8 Å². The summed E-state index contributed by atoms with van der Waals surface area (Å²) in [6.07, 6.45) is 0.614. The lowest BCUT2D eigenvalue weighted by Crippen LogP contribution is -2.15. The second-order valence-corrected chi connectivity index (χ2v) is 7.72. The van der Waals surface area contributed by atoms with Crippen molar-refractivity contribution in [1.82, 2.24) is 0 Å². The van der Waals surface area contributed by atoms with Gasteiger partial charge in [-0.2, -0.15) is 0 Å². The van der Waals surface area contributed by atoms with E-state index in [1.165, 1.54) is 6.07 Å². The van der Waals surface area contributed by atoms with E-state index < -0.39 is 22.8 Å². The van der Waals surface area contributed by atoms with Crippen molar-refractivity contribution in [3.8, 4) is 28.6 Å². The molecule has 0 saturated carbocycles. The van der Waals surface area contributed by atoms with Crippen LogP contribution < -0.4 is 10.2 Å². The van der Waals surface area contributed by atoms with E-state index in [9.17, 15) is 23.8 Å². The normalized spacial score (nSPS) is 11.8. The minimum Gasteiger partial charge on any atom is -0.508 e. The average molecular weight is 390 g/mol. The number of ether oxygens (including phenoxy) is 1. The third kappa shape index (κ3) is 3.93. The molecule has 2 aromatic carbocycles. The Kier molecular flexibility index (Phi) is 5.02. The zero-order valence-corrected chi connectivity index (χ0v) is 15.7. The molecule has 1 aromatic heterocycles. The first-order chi connectivity index (χ1) is 13.1. The van der Waals surface area contributed by atoms with E-state index >= 15 is 0 Å². The molecule has 0 aliphatic rings. The standard InChI is InChI=1S/C21H20F2O5/c1-21(2,3)6-7-27-20-18(26)17-15(25)9-12(24)10-16(17)28-19(20)11-4-5-13(22)14(23)8-11/h4-5,8-10,24-25H,6-7H2,1-3H3. The van der Waals surface area contributed by atoms with Crippen molar-refractivity contribution in [1.29, 1.82) is 0 Å². The number of phenols is 2. The number of halogens is 2. The zero-order valence-electron chi connectivity index (χ0n) is 15.7. The molecule has 7 heteroatoms. The van der Waals surface area contributed by atoms with Crippen LogP contribution in [0.1, 0.15) is 27.2 Å². The summed E-state index contributed by atoms with van der Waals surface area (Å²) in [7, 11) is 0. The molecular weight excluding hydrogens is 370 g/mol. The van der Waals surface area contributed by atoms with Gasteiger partial charge in [0, 0.05) is 17.7 Å². The van der Waals surface area contributed by atoms with Crippen LogP contribution in [0.15, 0.2) is 39.5 Å². The number of fused-ring (bicyclic) bond motifs is 1. The lowest BCUT2D eigenvalue weighted by molar-refractivity contribution is 0.239. The van der Waals surface area contributed by atoms with Gasteiger partial charge in [0.2, 0.25) is 11.2 Å². The van der Waals surface area contributed by atoms with Gasteiger partial charge in [0.25, 0.3) is 0 Å². The summed E-state index contributed by atoms with van der Waals surface area (Å²) in [6, 6.07) is 5.21. The van der Waals surface area contributed by atoms with E-state index in [4.69, 9.17) is 9.15 Å². The molecule has 3 aromatic rings. The van der Waals surface area contributed by atoms with Crippen LogP contribution in [0.5, 0.6) is 17.2 Å². The van der Waals surface area contributed by atoms with E-state index in [-0.39, 0.29) is 45.8 Å². The van der Waals surface area contributed by atoms with Crippen molar-refractivity contribution >= 4 is 11.0 Å². The molecule has 5 nitrogen and oxygen atoms in total. The molecule has 0 unspecified atom stereocenters. The van der Waals surface area contributed by atoms with Gasteiger partial charge >= 0.3 is 0 Å². The van der Waals surface area contributed by atoms with E-state index in [2.05, 4.69) is 0 Å². The van der Waals surface area contributed by atoms with Gasteiger partial charge in [-0.25, -0.2) is 8.78 Å². The highest BCUT2D eigenvalue weighted by Gasteiger charge is 2.22. The Morgan fingerprint density at radius 3 is 2.43 bits per heavy atom. The Morgan fingerprint density at radius 1 is 1.07 bits per heavy atom. The fraction of sp³-hybridized carbons (Fsp3) is 0.286. The van der Waals surface area contributed by atoms with Gasteiger partial charge in [-0.15, -0.1) is 0 Å². The summed E-state index contributed by atoms with van der Waals surface area (Å²) in [4.78, 5) is 13.0. The summed E-state index contributed by atoms with van der Waals surface area (Å²) >= 11 is 0. The third-order valence-electron chi connectivity index (χ3n) is 4.20. The Labute approximate surface area is 159 Å². The van der Waals surface area contributed by atoms with Crippen LogP contribution in [0, 0.1) is 17.0 Å². The van der Waals surface area contributed by atoms with Crippen LogP contribution >= 0.6 is 0 Å². The van der Waals surface area contributed by atoms with Crippen LogP contribution in [0.4, 0.5) is 8.78 Å². The van der Waals surface area contributed by atoms with E-state index in [1.54, 1.807) is 0 Å². The number of rotatable bonds is 4. The van der Waals surface area contributed by atoms with Crippen molar-refractivity contribution in [2.75, 3.05) is 6.61 Å². The van der Waals surface area contributed by atoms with Crippen molar-refractivity contribution in [2.24, 2.45) is 5.41 Å². The average Bonchev–Trinajstić information content (AvgIpc) is 2.57. The molecular formula is C21H20F2O5. The second kappa shape index (κ2) is 7.14. The van der Waals surface area contributed by atoms with Gasteiger partial charge in [-0.05, 0) is 30.0 Å². The Balaban J connectivity index is 2.22. The van der Waals surface area contributed by atoms with Gasteiger partial charge < -0.3 is 19.4 Å². The number of aromatic hydroxyl groups is 2. The molecule has 0 aliphatic heterocycles. The lowest BCUT2D eigenvalue weighted by atomic mass is 9.93. The van der Waals surface area contributed by atoms with Crippen LogP contribution in [0.2, 0.25) is 0 Å². The predicted octanol–water partition coefficient (Wildman–Crippen LogP) is 4.96. The molecule has 28 heavy (non-hydrogen) atoms. The molecule has 2 N–H and O–H groups in total. The smallest absolute Gasteiger partial charge is 0.239 e. The van der Waals surface area contributed by atoms with E-state index in [0.29, 0.717) is 6.42 Å². The fourth-order valence-electron chi connectivity index (χ4n) is 2.69. The van der Waals surface area contributed by atoms with Crippen LogP contribution in [0.3, 0.4) is 0 Å². The van der Waals surface area contributed by atoms with Gasteiger partial charge in [0.1, 0.15) is 22.5 Å².